The van der Waals surface area contributed by atoms with Gasteiger partial charge in [-0.05, 0) is 29.7 Å². The molecule has 0 aliphatic carbocycles. The molecule has 2 aromatic rings. The molecule has 2 aromatic carbocycles. The first kappa shape index (κ1) is 21.0. The summed E-state index contributed by atoms with van der Waals surface area (Å²) in [6, 6.07) is 14.1. The predicted molar refractivity (Wildman–Crippen MR) is 121 cm³/mol. The van der Waals surface area contributed by atoms with Crippen LogP contribution >= 0.6 is 0 Å². The summed E-state index contributed by atoms with van der Waals surface area (Å²) < 4.78 is 0. The highest BCUT2D eigenvalue weighted by atomic mass is 16.6. The molecule has 2 aliphatic heterocycles. The molecule has 4 rings (SSSR count). The third-order valence-electron chi connectivity index (χ3n) is 5.44. The molecule has 5 N–H and O–H groups in total. The summed E-state index contributed by atoms with van der Waals surface area (Å²) in [6.07, 6.45) is 4.59. The van der Waals surface area contributed by atoms with Gasteiger partial charge in [0.1, 0.15) is 5.82 Å². The van der Waals surface area contributed by atoms with Crippen molar-refractivity contribution in [2.75, 3.05) is 32.8 Å². The largest absolute Gasteiger partial charge is 0.372 e. The third-order valence-corrected chi connectivity index (χ3v) is 5.44. The molecule has 0 bridgehead atoms. The van der Waals surface area contributed by atoms with E-state index in [1.165, 1.54) is 6.07 Å². The van der Waals surface area contributed by atoms with E-state index in [4.69, 9.17) is 5.73 Å². The van der Waals surface area contributed by atoms with Crippen molar-refractivity contribution in [3.05, 3.63) is 76.1 Å². The van der Waals surface area contributed by atoms with Gasteiger partial charge in [0.2, 0.25) is 5.79 Å². The quantitative estimate of drug-likeness (QED) is 0.291. The first-order valence-electron chi connectivity index (χ1n) is 10.4. The molecule has 0 aromatic heterocycles. The summed E-state index contributed by atoms with van der Waals surface area (Å²) in [6.45, 7) is 4.98. The lowest BCUT2D eigenvalue weighted by atomic mass is 9.99. The maximum Gasteiger partial charge on any atom is 0.270 e. The number of nitro benzene ring substituents is 1. The first-order chi connectivity index (χ1) is 15.0. The molecule has 9 heteroatoms. The second kappa shape index (κ2) is 9.25. The molecular formula is C22H27N7O2. The molecule has 31 heavy (non-hydrogen) atoms. The van der Waals surface area contributed by atoms with Crippen molar-refractivity contribution in [2.24, 2.45) is 10.7 Å². The van der Waals surface area contributed by atoms with Gasteiger partial charge in [-0.3, -0.25) is 20.7 Å². The number of aliphatic imine (C=N–C) groups is 1. The normalized spacial score (nSPS) is 20.9. The average Bonchev–Trinajstić information content (AvgIpc) is 3.31. The molecule has 0 radical (unpaired) electrons. The Hall–Kier alpha value is -3.27. The van der Waals surface area contributed by atoms with E-state index in [2.05, 4.69) is 25.8 Å². The fourth-order valence-corrected chi connectivity index (χ4v) is 3.76. The zero-order valence-electron chi connectivity index (χ0n) is 17.3. The van der Waals surface area contributed by atoms with Gasteiger partial charge in [-0.2, -0.15) is 0 Å². The van der Waals surface area contributed by atoms with Crippen LogP contribution in [0, 0.1) is 10.1 Å². The van der Waals surface area contributed by atoms with Crippen LogP contribution in [0.3, 0.4) is 0 Å². The molecule has 1 saturated heterocycles. The van der Waals surface area contributed by atoms with E-state index in [0.717, 1.165) is 61.8 Å². The van der Waals surface area contributed by atoms with E-state index in [1.807, 2.05) is 36.4 Å². The Balaban J connectivity index is 1.42. The molecule has 0 saturated carbocycles. The van der Waals surface area contributed by atoms with E-state index < -0.39 is 10.7 Å². The number of allylic oxidation sites excluding steroid dienone is 1. The van der Waals surface area contributed by atoms with Crippen molar-refractivity contribution in [1.82, 2.24) is 20.9 Å². The SMILES string of the molecule is NC1(c2cccc(-c3cccc([N+](=O)[O-])c3)c2)N=CC=C(NCCCN2CCNC2)N1. The number of nitrogens with zero attached hydrogens (tertiary/aromatic N) is 3. The number of benzene rings is 2. The number of hydrogen-bond donors (Lipinski definition) is 4. The van der Waals surface area contributed by atoms with Crippen molar-refractivity contribution >= 4 is 11.9 Å². The highest BCUT2D eigenvalue weighted by Gasteiger charge is 2.29. The van der Waals surface area contributed by atoms with Crippen LogP contribution in [0.2, 0.25) is 0 Å². The van der Waals surface area contributed by atoms with Gasteiger partial charge in [0, 0.05) is 56.8 Å². The molecule has 0 spiro atoms. The van der Waals surface area contributed by atoms with Crippen molar-refractivity contribution in [3.63, 3.8) is 0 Å². The molecule has 0 amide bonds. The van der Waals surface area contributed by atoms with E-state index >= 15 is 0 Å². The average molecular weight is 422 g/mol. The van der Waals surface area contributed by atoms with Gasteiger partial charge < -0.3 is 16.0 Å². The standard InChI is InChI=1S/C22H27N7O2/c23-22(26-10-8-21(27-22)25-9-3-12-28-13-11-24-16-28)19-6-1-4-17(14-19)18-5-2-7-20(15-18)29(30)31/h1-2,4-8,10,14-15,24-25,27H,3,9,11-13,16,23H2. The topological polar surface area (TPSA) is 121 Å². The summed E-state index contributed by atoms with van der Waals surface area (Å²) in [5.41, 5.74) is 9.00. The van der Waals surface area contributed by atoms with Crippen LogP contribution in [-0.4, -0.2) is 48.9 Å². The van der Waals surface area contributed by atoms with E-state index in [9.17, 15) is 10.1 Å². The van der Waals surface area contributed by atoms with Crippen LogP contribution in [0.5, 0.6) is 0 Å². The molecular weight excluding hydrogens is 394 g/mol. The molecule has 1 unspecified atom stereocenters. The highest BCUT2D eigenvalue weighted by Crippen LogP contribution is 2.28. The van der Waals surface area contributed by atoms with Gasteiger partial charge in [0.15, 0.2) is 0 Å². The Morgan fingerprint density at radius 3 is 2.81 bits per heavy atom. The van der Waals surface area contributed by atoms with Gasteiger partial charge in [0.25, 0.3) is 5.69 Å². The summed E-state index contributed by atoms with van der Waals surface area (Å²) in [4.78, 5) is 17.6. The van der Waals surface area contributed by atoms with Gasteiger partial charge in [-0.15, -0.1) is 0 Å². The van der Waals surface area contributed by atoms with Crippen LogP contribution in [0.25, 0.3) is 11.1 Å². The number of nitro groups is 1. The highest BCUT2D eigenvalue weighted by molar-refractivity contribution is 5.74. The van der Waals surface area contributed by atoms with E-state index in [-0.39, 0.29) is 5.69 Å². The maximum absolute atomic E-state index is 11.1. The predicted octanol–water partition coefficient (Wildman–Crippen LogP) is 1.69. The monoisotopic (exact) mass is 421 g/mol. The van der Waals surface area contributed by atoms with E-state index in [0.29, 0.717) is 0 Å². The lowest BCUT2D eigenvalue weighted by Gasteiger charge is -2.32. The molecule has 1 atom stereocenters. The van der Waals surface area contributed by atoms with Gasteiger partial charge in [-0.1, -0.05) is 30.3 Å². The van der Waals surface area contributed by atoms with Gasteiger partial charge in [0.05, 0.1) is 4.92 Å². The smallest absolute Gasteiger partial charge is 0.270 e. The van der Waals surface area contributed by atoms with Crippen molar-refractivity contribution in [2.45, 2.75) is 12.2 Å². The molecule has 2 aliphatic rings. The summed E-state index contributed by atoms with van der Waals surface area (Å²) in [5, 5.41) is 21.1. The molecule has 162 valence electrons. The van der Waals surface area contributed by atoms with Crippen LogP contribution in [-0.2, 0) is 5.79 Å². The first-order valence-corrected chi connectivity index (χ1v) is 10.4. The Labute approximate surface area is 181 Å². The van der Waals surface area contributed by atoms with Crippen LogP contribution < -0.4 is 21.7 Å². The minimum Gasteiger partial charge on any atom is -0.372 e. The number of hydrogen-bond acceptors (Lipinski definition) is 8. The Kier molecular flexibility index (Phi) is 6.26. The van der Waals surface area contributed by atoms with Crippen LogP contribution in [0.4, 0.5) is 5.69 Å². The Morgan fingerprint density at radius 2 is 2.03 bits per heavy atom. The number of non-ortho nitro benzene ring substituents is 1. The van der Waals surface area contributed by atoms with Gasteiger partial charge in [-0.25, -0.2) is 4.99 Å². The lowest BCUT2D eigenvalue weighted by Crippen LogP contribution is -2.52. The lowest BCUT2D eigenvalue weighted by molar-refractivity contribution is -0.384. The summed E-state index contributed by atoms with van der Waals surface area (Å²) in [7, 11) is 0. The second-order valence-electron chi connectivity index (χ2n) is 7.69. The van der Waals surface area contributed by atoms with Crippen LogP contribution in [0.15, 0.2) is 65.4 Å². The Morgan fingerprint density at radius 1 is 1.23 bits per heavy atom. The minimum absolute atomic E-state index is 0.0540. The summed E-state index contributed by atoms with van der Waals surface area (Å²) >= 11 is 0. The second-order valence-corrected chi connectivity index (χ2v) is 7.69. The fraction of sp³-hybridized carbons (Fsp3) is 0.318. The van der Waals surface area contributed by atoms with Crippen molar-refractivity contribution in [3.8, 4) is 11.1 Å². The van der Waals surface area contributed by atoms with Crippen LogP contribution in [0.1, 0.15) is 12.0 Å². The molecule has 1 fully saturated rings. The minimum atomic E-state index is -1.12. The zero-order chi connectivity index (χ0) is 21.7. The third kappa shape index (κ3) is 5.08. The van der Waals surface area contributed by atoms with Crippen molar-refractivity contribution < 1.29 is 4.92 Å². The molecule has 9 nitrogen and oxygen atoms in total. The summed E-state index contributed by atoms with van der Waals surface area (Å²) in [5.74, 6) is -0.301. The number of nitrogens with two attached hydrogens (primary N) is 1. The zero-order valence-corrected chi connectivity index (χ0v) is 17.3. The number of nitrogens with one attached hydrogen (secondary N) is 3. The fourth-order valence-electron chi connectivity index (χ4n) is 3.76. The Bertz CT molecular complexity index is 1000. The van der Waals surface area contributed by atoms with Crippen molar-refractivity contribution in [1.29, 1.82) is 0 Å². The van der Waals surface area contributed by atoms with Gasteiger partial charge >= 0.3 is 0 Å². The molecule has 2 heterocycles. The maximum atomic E-state index is 11.1. The van der Waals surface area contributed by atoms with E-state index in [1.54, 1.807) is 18.3 Å². The number of rotatable bonds is 8.